The van der Waals surface area contributed by atoms with Crippen LogP contribution in [0.1, 0.15) is 50.1 Å². The average Bonchev–Trinajstić information content (AvgIpc) is 3.10. The molecule has 2 aliphatic carbocycles. The van der Waals surface area contributed by atoms with Crippen LogP contribution in [0.25, 0.3) is 0 Å². The van der Waals surface area contributed by atoms with Crippen LogP contribution in [0.3, 0.4) is 0 Å². The van der Waals surface area contributed by atoms with E-state index in [9.17, 15) is 9.90 Å². The minimum atomic E-state index is -0.456. The van der Waals surface area contributed by atoms with Crippen LogP contribution in [-0.2, 0) is 11.2 Å². The Morgan fingerprint density at radius 2 is 2.03 bits per heavy atom. The number of amides is 1. The lowest BCUT2D eigenvalue weighted by atomic mass is 9.53. The average molecular weight is 421 g/mol. The zero-order valence-electron chi connectivity index (χ0n) is 18.4. The molecule has 2 fully saturated rings. The summed E-state index contributed by atoms with van der Waals surface area (Å²) in [5.41, 5.74) is 1.23. The SMILES string of the molecule is CNc1nc2c(s1)C[C@]1(C)CC[C@@H]([C@H](C)C(=O)N3CCN(C)CC3)[C@H](O)[C@H]1[C@@H]2C. The lowest BCUT2D eigenvalue weighted by Crippen LogP contribution is -2.55. The molecule has 0 aromatic carbocycles. The number of rotatable bonds is 3. The molecule has 1 aromatic heterocycles. The van der Waals surface area contributed by atoms with Gasteiger partial charge in [0.2, 0.25) is 5.91 Å². The standard InChI is InChI=1S/C22H36N4O2S/c1-13(20(28)26-10-8-25(5)9-11-26)15-6-7-22(3)12-16-18(24-21(23-4)29-16)14(2)17(22)19(15)27/h13-15,17,19,27H,6-12H2,1-5H3,(H,23,24)/t13-,14-,15-,17+,19-,22-/m0/s1. The van der Waals surface area contributed by atoms with Gasteiger partial charge in [0.15, 0.2) is 5.13 Å². The number of aliphatic hydroxyl groups is 1. The zero-order valence-corrected chi connectivity index (χ0v) is 19.3. The fraction of sp³-hybridized carbons (Fsp3) is 0.818. The first-order valence-corrected chi connectivity index (χ1v) is 11.9. The Morgan fingerprint density at radius 1 is 1.34 bits per heavy atom. The quantitative estimate of drug-likeness (QED) is 0.787. The molecule has 1 saturated carbocycles. The molecule has 29 heavy (non-hydrogen) atoms. The van der Waals surface area contributed by atoms with Crippen LogP contribution in [0.5, 0.6) is 0 Å². The molecular formula is C22H36N4O2S. The number of carbonyl (C=O) groups excluding carboxylic acids is 1. The van der Waals surface area contributed by atoms with E-state index >= 15 is 0 Å². The third-order valence-electron chi connectivity index (χ3n) is 7.98. The molecule has 0 bridgehead atoms. The van der Waals surface area contributed by atoms with Gasteiger partial charge < -0.3 is 20.2 Å². The van der Waals surface area contributed by atoms with Crippen molar-refractivity contribution >= 4 is 22.4 Å². The maximum Gasteiger partial charge on any atom is 0.225 e. The predicted octanol–water partition coefficient (Wildman–Crippen LogP) is 2.65. The van der Waals surface area contributed by atoms with E-state index in [1.807, 2.05) is 18.9 Å². The van der Waals surface area contributed by atoms with Crippen molar-refractivity contribution in [3.63, 3.8) is 0 Å². The smallest absolute Gasteiger partial charge is 0.225 e. The Morgan fingerprint density at radius 3 is 2.69 bits per heavy atom. The Bertz CT molecular complexity index is 760. The number of hydrogen-bond donors (Lipinski definition) is 2. The van der Waals surface area contributed by atoms with E-state index in [0.29, 0.717) is 0 Å². The van der Waals surface area contributed by atoms with E-state index in [2.05, 4.69) is 31.1 Å². The number of nitrogens with zero attached hydrogens (tertiary/aromatic N) is 3. The summed E-state index contributed by atoms with van der Waals surface area (Å²) in [4.78, 5) is 23.6. The van der Waals surface area contributed by atoms with E-state index < -0.39 is 6.10 Å². The highest BCUT2D eigenvalue weighted by atomic mass is 32.1. The van der Waals surface area contributed by atoms with Crippen LogP contribution >= 0.6 is 11.3 Å². The van der Waals surface area contributed by atoms with Crippen molar-refractivity contribution in [2.45, 2.75) is 52.1 Å². The fourth-order valence-electron chi connectivity index (χ4n) is 6.15. The number of nitrogens with one attached hydrogen (secondary N) is 1. The van der Waals surface area contributed by atoms with Crippen molar-refractivity contribution in [2.24, 2.45) is 23.2 Å². The second kappa shape index (κ2) is 7.82. The van der Waals surface area contributed by atoms with Crippen LogP contribution in [0.2, 0.25) is 0 Å². The molecule has 1 aliphatic heterocycles. The molecular weight excluding hydrogens is 384 g/mol. The van der Waals surface area contributed by atoms with Crippen molar-refractivity contribution < 1.29 is 9.90 Å². The van der Waals surface area contributed by atoms with Crippen LogP contribution in [0, 0.1) is 23.2 Å². The number of piperazine rings is 1. The topological polar surface area (TPSA) is 68.7 Å². The summed E-state index contributed by atoms with van der Waals surface area (Å²) in [6.07, 6.45) is 2.52. The molecule has 7 heteroatoms. The van der Waals surface area contributed by atoms with Gasteiger partial charge in [-0.05, 0) is 43.6 Å². The lowest BCUT2D eigenvalue weighted by molar-refractivity contribution is -0.146. The molecule has 162 valence electrons. The number of anilines is 1. The highest BCUT2D eigenvalue weighted by Gasteiger charge is 2.54. The largest absolute Gasteiger partial charge is 0.392 e. The lowest BCUT2D eigenvalue weighted by Gasteiger charge is -2.53. The van der Waals surface area contributed by atoms with Gasteiger partial charge in [0, 0.05) is 49.9 Å². The highest BCUT2D eigenvalue weighted by molar-refractivity contribution is 7.15. The first-order valence-electron chi connectivity index (χ1n) is 11.1. The number of hydrogen-bond acceptors (Lipinski definition) is 6. The molecule has 1 saturated heterocycles. The van der Waals surface area contributed by atoms with Crippen LogP contribution in [0.15, 0.2) is 0 Å². The molecule has 1 aromatic rings. The van der Waals surface area contributed by atoms with Gasteiger partial charge in [-0.15, -0.1) is 11.3 Å². The monoisotopic (exact) mass is 420 g/mol. The van der Waals surface area contributed by atoms with Gasteiger partial charge in [-0.3, -0.25) is 4.79 Å². The number of aliphatic hydroxyl groups excluding tert-OH is 1. The third-order valence-corrected chi connectivity index (χ3v) is 9.07. The summed E-state index contributed by atoms with van der Waals surface area (Å²) in [6, 6.07) is 0. The summed E-state index contributed by atoms with van der Waals surface area (Å²) in [5, 5.41) is 15.7. The first-order chi connectivity index (χ1) is 13.7. The second-order valence-corrected chi connectivity index (χ2v) is 10.9. The summed E-state index contributed by atoms with van der Waals surface area (Å²) >= 11 is 1.76. The van der Waals surface area contributed by atoms with Crippen molar-refractivity contribution in [3.05, 3.63) is 10.6 Å². The van der Waals surface area contributed by atoms with Crippen molar-refractivity contribution in [1.29, 1.82) is 0 Å². The van der Waals surface area contributed by atoms with Gasteiger partial charge >= 0.3 is 0 Å². The van der Waals surface area contributed by atoms with Crippen LogP contribution in [-0.4, -0.2) is 72.2 Å². The Kier molecular flexibility index (Phi) is 5.68. The molecule has 6 nitrogen and oxygen atoms in total. The molecule has 0 spiro atoms. The van der Waals surface area contributed by atoms with Gasteiger partial charge in [-0.25, -0.2) is 4.98 Å². The molecule has 0 radical (unpaired) electrons. The van der Waals surface area contributed by atoms with E-state index in [4.69, 9.17) is 4.98 Å². The molecule has 6 atom stereocenters. The third kappa shape index (κ3) is 3.59. The molecule has 3 aliphatic rings. The summed E-state index contributed by atoms with van der Waals surface area (Å²) in [6.45, 7) is 10.1. The van der Waals surface area contributed by atoms with Crippen molar-refractivity contribution in [3.8, 4) is 0 Å². The van der Waals surface area contributed by atoms with Gasteiger partial charge in [0.25, 0.3) is 0 Å². The number of likely N-dealkylation sites (N-methyl/N-ethyl adjacent to an activating group) is 1. The van der Waals surface area contributed by atoms with Gasteiger partial charge in [0.05, 0.1) is 11.8 Å². The maximum absolute atomic E-state index is 13.2. The summed E-state index contributed by atoms with van der Waals surface area (Å²) in [5.74, 6) is 0.497. The maximum atomic E-state index is 13.2. The molecule has 2 N–H and O–H groups in total. The van der Waals surface area contributed by atoms with Crippen LogP contribution in [0.4, 0.5) is 5.13 Å². The van der Waals surface area contributed by atoms with E-state index in [0.717, 1.165) is 56.3 Å². The minimum absolute atomic E-state index is 0.0339. The molecule has 2 heterocycles. The number of fused-ring (bicyclic) bond motifs is 2. The Hall–Kier alpha value is -1.18. The molecule has 4 rings (SSSR count). The van der Waals surface area contributed by atoms with Crippen molar-refractivity contribution in [1.82, 2.24) is 14.8 Å². The van der Waals surface area contributed by atoms with E-state index in [-0.39, 0.29) is 35.0 Å². The van der Waals surface area contributed by atoms with Crippen LogP contribution < -0.4 is 5.32 Å². The number of carbonyl (C=O) groups is 1. The van der Waals surface area contributed by atoms with E-state index in [1.165, 1.54) is 4.88 Å². The number of aromatic nitrogens is 1. The highest BCUT2D eigenvalue weighted by Crippen LogP contribution is 2.57. The van der Waals surface area contributed by atoms with Gasteiger partial charge in [-0.1, -0.05) is 20.8 Å². The molecule has 0 unspecified atom stereocenters. The summed E-state index contributed by atoms with van der Waals surface area (Å²) in [7, 11) is 4.02. The fourth-order valence-corrected chi connectivity index (χ4v) is 7.37. The molecule has 1 amide bonds. The van der Waals surface area contributed by atoms with Gasteiger partial charge in [0.1, 0.15) is 0 Å². The Labute approximate surface area is 178 Å². The van der Waals surface area contributed by atoms with Gasteiger partial charge in [-0.2, -0.15) is 0 Å². The Balaban J connectivity index is 1.53. The minimum Gasteiger partial charge on any atom is -0.392 e. The van der Waals surface area contributed by atoms with E-state index in [1.54, 1.807) is 11.3 Å². The van der Waals surface area contributed by atoms with Crippen molar-refractivity contribution in [2.75, 3.05) is 45.6 Å². The second-order valence-electron chi connectivity index (χ2n) is 9.83. The number of thiazole rings is 1. The predicted molar refractivity (Wildman–Crippen MR) is 117 cm³/mol. The summed E-state index contributed by atoms with van der Waals surface area (Å²) < 4.78 is 0. The first kappa shape index (κ1) is 21.1. The zero-order chi connectivity index (χ0) is 20.9. The normalized spacial score (nSPS) is 36.3.